The maximum absolute atomic E-state index is 10.3. The molecular formula is C17H33NO. The van der Waals surface area contributed by atoms with Crippen molar-refractivity contribution in [2.24, 2.45) is 16.7 Å². The Bertz CT molecular complexity index is 292. The molecule has 2 nitrogen and oxygen atoms in total. The Morgan fingerprint density at radius 2 is 1.74 bits per heavy atom. The van der Waals surface area contributed by atoms with Crippen LogP contribution in [0.4, 0.5) is 0 Å². The molecule has 0 aromatic carbocycles. The van der Waals surface area contributed by atoms with Gasteiger partial charge in [0.1, 0.15) is 0 Å². The van der Waals surface area contributed by atoms with E-state index in [0.29, 0.717) is 16.7 Å². The number of piperidine rings is 1. The van der Waals surface area contributed by atoms with Crippen LogP contribution < -0.4 is 0 Å². The van der Waals surface area contributed by atoms with Gasteiger partial charge in [0.25, 0.3) is 0 Å². The van der Waals surface area contributed by atoms with E-state index in [1.165, 1.54) is 45.2 Å². The van der Waals surface area contributed by atoms with Crippen molar-refractivity contribution in [1.29, 1.82) is 0 Å². The Morgan fingerprint density at radius 1 is 1.11 bits per heavy atom. The summed E-state index contributed by atoms with van der Waals surface area (Å²) in [5.74, 6) is 0.495. The highest BCUT2D eigenvalue weighted by Gasteiger charge is 2.36. The number of hydrogen-bond acceptors (Lipinski definition) is 2. The van der Waals surface area contributed by atoms with Crippen LogP contribution in [-0.4, -0.2) is 35.7 Å². The molecule has 1 saturated heterocycles. The highest BCUT2D eigenvalue weighted by atomic mass is 16.3. The standard InChI is InChI=1S/C17H33NO/c1-5-17(4)8-10-18(11-9-17)13-14-12-16(2,3)7-6-15(14)19/h14-15,19H,5-13H2,1-4H3. The van der Waals surface area contributed by atoms with E-state index in [1.807, 2.05) is 0 Å². The fraction of sp³-hybridized carbons (Fsp3) is 1.00. The number of aliphatic hydroxyl groups excluding tert-OH is 1. The molecule has 1 saturated carbocycles. The summed E-state index contributed by atoms with van der Waals surface area (Å²) in [5, 5.41) is 10.3. The molecule has 19 heavy (non-hydrogen) atoms. The molecule has 1 N–H and O–H groups in total. The first-order valence-corrected chi connectivity index (χ1v) is 8.24. The van der Waals surface area contributed by atoms with E-state index < -0.39 is 0 Å². The summed E-state index contributed by atoms with van der Waals surface area (Å²) >= 11 is 0. The summed E-state index contributed by atoms with van der Waals surface area (Å²) in [6.45, 7) is 13.0. The van der Waals surface area contributed by atoms with E-state index >= 15 is 0 Å². The van der Waals surface area contributed by atoms with Crippen LogP contribution in [-0.2, 0) is 0 Å². The highest BCUT2D eigenvalue weighted by molar-refractivity contribution is 4.88. The van der Waals surface area contributed by atoms with Crippen molar-refractivity contribution in [3.05, 3.63) is 0 Å². The molecule has 2 fully saturated rings. The van der Waals surface area contributed by atoms with Gasteiger partial charge < -0.3 is 10.0 Å². The van der Waals surface area contributed by atoms with Gasteiger partial charge in [-0.2, -0.15) is 0 Å². The SMILES string of the molecule is CCC1(C)CCN(CC2CC(C)(C)CCC2O)CC1. The second kappa shape index (κ2) is 5.73. The molecule has 2 heteroatoms. The van der Waals surface area contributed by atoms with E-state index in [1.54, 1.807) is 0 Å². The Morgan fingerprint density at radius 3 is 2.32 bits per heavy atom. The van der Waals surface area contributed by atoms with Crippen molar-refractivity contribution >= 4 is 0 Å². The number of hydrogen-bond donors (Lipinski definition) is 1. The lowest BCUT2D eigenvalue weighted by atomic mass is 9.70. The summed E-state index contributed by atoms with van der Waals surface area (Å²) in [7, 11) is 0. The first-order valence-electron chi connectivity index (χ1n) is 8.24. The molecule has 2 aliphatic rings. The summed E-state index contributed by atoms with van der Waals surface area (Å²) in [4.78, 5) is 2.60. The molecule has 0 amide bonds. The van der Waals surface area contributed by atoms with Gasteiger partial charge in [0.2, 0.25) is 0 Å². The molecule has 0 radical (unpaired) electrons. The molecule has 0 aromatic rings. The van der Waals surface area contributed by atoms with Gasteiger partial charge in [-0.3, -0.25) is 0 Å². The van der Waals surface area contributed by atoms with Crippen molar-refractivity contribution in [2.75, 3.05) is 19.6 Å². The number of likely N-dealkylation sites (tertiary alicyclic amines) is 1. The van der Waals surface area contributed by atoms with Crippen molar-refractivity contribution in [3.8, 4) is 0 Å². The van der Waals surface area contributed by atoms with Crippen molar-refractivity contribution in [2.45, 2.75) is 72.3 Å². The summed E-state index contributed by atoms with van der Waals surface area (Å²) in [6, 6.07) is 0. The van der Waals surface area contributed by atoms with Gasteiger partial charge in [0.15, 0.2) is 0 Å². The lowest BCUT2D eigenvalue weighted by Gasteiger charge is -2.44. The van der Waals surface area contributed by atoms with Crippen LogP contribution in [0.2, 0.25) is 0 Å². The summed E-state index contributed by atoms with van der Waals surface area (Å²) in [6.07, 6.45) is 7.27. The minimum atomic E-state index is -0.0625. The zero-order chi connectivity index (χ0) is 14.1. The quantitative estimate of drug-likeness (QED) is 0.843. The van der Waals surface area contributed by atoms with Gasteiger partial charge in [-0.15, -0.1) is 0 Å². The van der Waals surface area contributed by atoms with Gasteiger partial charge in [-0.1, -0.05) is 34.1 Å². The largest absolute Gasteiger partial charge is 0.393 e. The Kier molecular flexibility index (Phi) is 4.62. The third kappa shape index (κ3) is 3.95. The molecule has 2 unspecified atom stereocenters. The van der Waals surface area contributed by atoms with Crippen LogP contribution in [0.3, 0.4) is 0 Å². The predicted octanol–water partition coefficient (Wildman–Crippen LogP) is 3.69. The molecule has 112 valence electrons. The molecule has 0 spiro atoms. The minimum Gasteiger partial charge on any atom is -0.393 e. The molecule has 1 aliphatic heterocycles. The second-order valence-electron chi connectivity index (χ2n) is 8.20. The maximum atomic E-state index is 10.3. The topological polar surface area (TPSA) is 23.5 Å². The zero-order valence-electron chi connectivity index (χ0n) is 13.4. The normalized spacial score (nSPS) is 35.2. The van der Waals surface area contributed by atoms with Crippen molar-refractivity contribution < 1.29 is 5.11 Å². The predicted molar refractivity (Wildman–Crippen MR) is 81.2 cm³/mol. The first-order chi connectivity index (χ1) is 8.84. The fourth-order valence-electron chi connectivity index (χ4n) is 3.87. The van der Waals surface area contributed by atoms with Crippen LogP contribution in [0, 0.1) is 16.7 Å². The second-order valence-corrected chi connectivity index (χ2v) is 8.20. The molecule has 2 rings (SSSR count). The molecule has 2 atom stereocenters. The number of nitrogens with zero attached hydrogens (tertiary/aromatic N) is 1. The Labute approximate surface area is 119 Å². The van der Waals surface area contributed by atoms with E-state index in [4.69, 9.17) is 0 Å². The zero-order valence-corrected chi connectivity index (χ0v) is 13.4. The van der Waals surface area contributed by atoms with Gasteiger partial charge in [0.05, 0.1) is 6.10 Å². The molecule has 1 aliphatic carbocycles. The van der Waals surface area contributed by atoms with Crippen LogP contribution in [0.1, 0.15) is 66.2 Å². The van der Waals surface area contributed by atoms with Gasteiger partial charge >= 0.3 is 0 Å². The molecule has 1 heterocycles. The monoisotopic (exact) mass is 267 g/mol. The van der Waals surface area contributed by atoms with Gasteiger partial charge in [0, 0.05) is 6.54 Å². The summed E-state index contributed by atoms with van der Waals surface area (Å²) in [5.41, 5.74) is 0.999. The van der Waals surface area contributed by atoms with E-state index in [-0.39, 0.29) is 6.10 Å². The number of aliphatic hydroxyl groups is 1. The summed E-state index contributed by atoms with van der Waals surface area (Å²) < 4.78 is 0. The third-order valence-electron chi connectivity index (χ3n) is 5.89. The fourth-order valence-corrected chi connectivity index (χ4v) is 3.87. The minimum absolute atomic E-state index is 0.0625. The lowest BCUT2D eigenvalue weighted by Crippen LogP contribution is -2.45. The lowest BCUT2D eigenvalue weighted by molar-refractivity contribution is -0.00585. The first kappa shape index (κ1) is 15.3. The van der Waals surface area contributed by atoms with Gasteiger partial charge in [-0.25, -0.2) is 0 Å². The van der Waals surface area contributed by atoms with Gasteiger partial charge in [-0.05, 0) is 61.9 Å². The van der Waals surface area contributed by atoms with E-state index in [2.05, 4.69) is 32.6 Å². The molecule has 0 aromatic heterocycles. The van der Waals surface area contributed by atoms with Crippen LogP contribution >= 0.6 is 0 Å². The van der Waals surface area contributed by atoms with Crippen molar-refractivity contribution in [3.63, 3.8) is 0 Å². The third-order valence-corrected chi connectivity index (χ3v) is 5.89. The smallest absolute Gasteiger partial charge is 0.0581 e. The maximum Gasteiger partial charge on any atom is 0.0581 e. The van der Waals surface area contributed by atoms with Crippen LogP contribution in [0.5, 0.6) is 0 Å². The van der Waals surface area contributed by atoms with E-state index in [9.17, 15) is 5.11 Å². The Balaban J connectivity index is 1.84. The average Bonchev–Trinajstić information content (AvgIpc) is 2.37. The van der Waals surface area contributed by atoms with E-state index in [0.717, 1.165) is 13.0 Å². The number of rotatable bonds is 3. The Hall–Kier alpha value is -0.0800. The van der Waals surface area contributed by atoms with Crippen LogP contribution in [0.15, 0.2) is 0 Å². The van der Waals surface area contributed by atoms with Crippen LogP contribution in [0.25, 0.3) is 0 Å². The van der Waals surface area contributed by atoms with Crippen molar-refractivity contribution in [1.82, 2.24) is 4.90 Å². The molecule has 0 bridgehead atoms. The average molecular weight is 267 g/mol. The molecular weight excluding hydrogens is 234 g/mol. The highest BCUT2D eigenvalue weighted by Crippen LogP contribution is 2.40.